The monoisotopic (exact) mass is 359 g/mol. The molecule has 0 saturated heterocycles. The minimum Gasteiger partial charge on any atom is -0.327 e. The molecule has 4 nitrogen and oxygen atoms in total. The van der Waals surface area contributed by atoms with Gasteiger partial charge in [0.2, 0.25) is 5.91 Å². The maximum Gasteiger partial charge on any atom is 0.228 e. The summed E-state index contributed by atoms with van der Waals surface area (Å²) in [5.41, 5.74) is 4.01. The van der Waals surface area contributed by atoms with Crippen LogP contribution in [0.15, 0.2) is 72.8 Å². The SMILES string of the molecule is Cn1c(-c2ccc(NC(=O)Cc3ccccc3F)cc2)nc2ccccc21. The molecule has 0 bridgehead atoms. The Morgan fingerprint density at radius 2 is 1.70 bits per heavy atom. The second-order valence-electron chi connectivity index (χ2n) is 6.38. The molecule has 1 amide bonds. The number of para-hydroxylation sites is 2. The topological polar surface area (TPSA) is 46.9 Å². The van der Waals surface area contributed by atoms with E-state index in [0.717, 1.165) is 22.4 Å². The molecule has 0 aliphatic heterocycles. The lowest BCUT2D eigenvalue weighted by Crippen LogP contribution is -2.15. The third-order valence-corrected chi connectivity index (χ3v) is 4.52. The fraction of sp³-hybridized carbons (Fsp3) is 0.0909. The first-order valence-corrected chi connectivity index (χ1v) is 8.67. The van der Waals surface area contributed by atoms with E-state index in [1.54, 1.807) is 18.2 Å². The molecular formula is C22H18FN3O. The van der Waals surface area contributed by atoms with Crippen LogP contribution in [0.5, 0.6) is 0 Å². The molecule has 0 aliphatic carbocycles. The van der Waals surface area contributed by atoms with Crippen molar-refractivity contribution >= 4 is 22.6 Å². The number of aryl methyl sites for hydroxylation is 1. The zero-order valence-corrected chi connectivity index (χ0v) is 14.8. The number of benzene rings is 3. The number of anilines is 1. The van der Waals surface area contributed by atoms with Gasteiger partial charge in [-0.25, -0.2) is 9.37 Å². The van der Waals surface area contributed by atoms with Crippen molar-refractivity contribution in [3.05, 3.63) is 84.2 Å². The summed E-state index contributed by atoms with van der Waals surface area (Å²) in [6, 6.07) is 21.8. The Labute approximate surface area is 156 Å². The predicted octanol–water partition coefficient (Wildman–Crippen LogP) is 4.56. The summed E-state index contributed by atoms with van der Waals surface area (Å²) in [5, 5.41) is 2.80. The quantitative estimate of drug-likeness (QED) is 0.581. The second-order valence-corrected chi connectivity index (χ2v) is 6.38. The number of fused-ring (bicyclic) bond motifs is 1. The van der Waals surface area contributed by atoms with Gasteiger partial charge in [0.1, 0.15) is 11.6 Å². The number of amides is 1. The zero-order valence-electron chi connectivity index (χ0n) is 14.8. The van der Waals surface area contributed by atoms with Crippen LogP contribution in [0.1, 0.15) is 5.56 Å². The second kappa shape index (κ2) is 7.03. The van der Waals surface area contributed by atoms with Crippen molar-refractivity contribution in [2.75, 3.05) is 5.32 Å². The number of nitrogens with one attached hydrogen (secondary N) is 1. The first kappa shape index (κ1) is 17.0. The van der Waals surface area contributed by atoms with Crippen molar-refractivity contribution in [2.45, 2.75) is 6.42 Å². The van der Waals surface area contributed by atoms with Crippen molar-refractivity contribution in [1.29, 1.82) is 0 Å². The summed E-state index contributed by atoms with van der Waals surface area (Å²) in [6.07, 6.45) is -0.000813. The lowest BCUT2D eigenvalue weighted by atomic mass is 10.1. The number of nitrogens with zero attached hydrogens (tertiary/aromatic N) is 2. The van der Waals surface area contributed by atoms with Gasteiger partial charge in [-0.2, -0.15) is 0 Å². The number of carbonyl (C=O) groups excluding carboxylic acids is 1. The average molecular weight is 359 g/mol. The molecule has 5 heteroatoms. The minimum absolute atomic E-state index is 0.000813. The predicted molar refractivity (Wildman–Crippen MR) is 105 cm³/mol. The lowest BCUT2D eigenvalue weighted by Gasteiger charge is -2.08. The van der Waals surface area contributed by atoms with Gasteiger partial charge >= 0.3 is 0 Å². The Morgan fingerprint density at radius 3 is 2.44 bits per heavy atom. The van der Waals surface area contributed by atoms with Gasteiger partial charge in [0.05, 0.1) is 17.5 Å². The molecule has 3 aromatic carbocycles. The highest BCUT2D eigenvalue weighted by Gasteiger charge is 2.11. The molecule has 0 radical (unpaired) electrons. The van der Waals surface area contributed by atoms with E-state index in [4.69, 9.17) is 0 Å². The van der Waals surface area contributed by atoms with Gasteiger partial charge in [0.25, 0.3) is 0 Å². The van der Waals surface area contributed by atoms with Crippen LogP contribution < -0.4 is 5.32 Å². The Hall–Kier alpha value is -3.47. The van der Waals surface area contributed by atoms with Gasteiger partial charge < -0.3 is 9.88 Å². The minimum atomic E-state index is -0.371. The van der Waals surface area contributed by atoms with Gasteiger partial charge in [-0.05, 0) is 48.0 Å². The molecule has 134 valence electrons. The largest absolute Gasteiger partial charge is 0.327 e. The number of aromatic nitrogens is 2. The summed E-state index contributed by atoms with van der Waals surface area (Å²) < 4.78 is 15.7. The first-order chi connectivity index (χ1) is 13.1. The molecule has 0 aliphatic rings. The molecule has 1 aromatic heterocycles. The van der Waals surface area contributed by atoms with Crippen LogP contribution in [0, 0.1) is 5.82 Å². The average Bonchev–Trinajstić information content (AvgIpc) is 3.01. The van der Waals surface area contributed by atoms with Crippen LogP contribution in [0.2, 0.25) is 0 Å². The number of carbonyl (C=O) groups is 1. The van der Waals surface area contributed by atoms with Crippen LogP contribution in [0.4, 0.5) is 10.1 Å². The molecule has 0 fully saturated rings. The van der Waals surface area contributed by atoms with E-state index in [0.29, 0.717) is 11.3 Å². The highest BCUT2D eigenvalue weighted by molar-refractivity contribution is 5.92. The van der Waals surface area contributed by atoms with Gasteiger partial charge in [0.15, 0.2) is 0 Å². The molecule has 0 saturated carbocycles. The highest BCUT2D eigenvalue weighted by atomic mass is 19.1. The number of hydrogen-bond donors (Lipinski definition) is 1. The molecule has 0 unspecified atom stereocenters. The van der Waals surface area contributed by atoms with E-state index in [1.807, 2.05) is 60.1 Å². The fourth-order valence-electron chi connectivity index (χ4n) is 3.13. The Bertz CT molecular complexity index is 1120. The highest BCUT2D eigenvalue weighted by Crippen LogP contribution is 2.24. The molecule has 1 N–H and O–H groups in total. The van der Waals surface area contributed by atoms with E-state index < -0.39 is 0 Å². The summed E-state index contributed by atoms with van der Waals surface area (Å²) in [5.74, 6) is 0.237. The lowest BCUT2D eigenvalue weighted by molar-refractivity contribution is -0.115. The summed E-state index contributed by atoms with van der Waals surface area (Å²) >= 11 is 0. The number of halogens is 1. The Morgan fingerprint density at radius 1 is 1.00 bits per heavy atom. The first-order valence-electron chi connectivity index (χ1n) is 8.67. The third-order valence-electron chi connectivity index (χ3n) is 4.52. The van der Waals surface area contributed by atoms with Crippen LogP contribution in [-0.4, -0.2) is 15.5 Å². The smallest absolute Gasteiger partial charge is 0.228 e. The van der Waals surface area contributed by atoms with E-state index in [2.05, 4.69) is 10.3 Å². The van der Waals surface area contributed by atoms with Crippen molar-refractivity contribution in [3.63, 3.8) is 0 Å². The maximum atomic E-state index is 13.7. The summed E-state index contributed by atoms with van der Waals surface area (Å²) in [4.78, 5) is 16.8. The normalized spacial score (nSPS) is 10.9. The summed E-state index contributed by atoms with van der Waals surface area (Å²) in [6.45, 7) is 0. The Balaban J connectivity index is 1.51. The van der Waals surface area contributed by atoms with Crippen molar-refractivity contribution < 1.29 is 9.18 Å². The molecular weight excluding hydrogens is 341 g/mol. The molecule has 0 spiro atoms. The van der Waals surface area contributed by atoms with Crippen molar-refractivity contribution in [1.82, 2.24) is 9.55 Å². The van der Waals surface area contributed by atoms with Crippen LogP contribution >= 0.6 is 0 Å². The maximum absolute atomic E-state index is 13.7. The molecule has 1 heterocycles. The molecule has 27 heavy (non-hydrogen) atoms. The van der Waals surface area contributed by atoms with Gasteiger partial charge in [0, 0.05) is 18.3 Å². The molecule has 4 aromatic rings. The van der Waals surface area contributed by atoms with E-state index in [-0.39, 0.29) is 18.1 Å². The molecule has 0 atom stereocenters. The summed E-state index contributed by atoms with van der Waals surface area (Å²) in [7, 11) is 1.98. The number of rotatable bonds is 4. The van der Waals surface area contributed by atoms with Gasteiger partial charge in [-0.3, -0.25) is 4.79 Å². The van der Waals surface area contributed by atoms with Crippen LogP contribution in [0.3, 0.4) is 0 Å². The van der Waals surface area contributed by atoms with Crippen molar-refractivity contribution in [2.24, 2.45) is 7.05 Å². The fourth-order valence-corrected chi connectivity index (χ4v) is 3.13. The van der Waals surface area contributed by atoms with Crippen LogP contribution in [-0.2, 0) is 18.3 Å². The van der Waals surface area contributed by atoms with E-state index in [9.17, 15) is 9.18 Å². The van der Waals surface area contributed by atoms with E-state index >= 15 is 0 Å². The zero-order chi connectivity index (χ0) is 18.8. The van der Waals surface area contributed by atoms with Crippen LogP contribution in [0.25, 0.3) is 22.4 Å². The number of imidazole rings is 1. The standard InChI is InChI=1S/C22H18FN3O/c1-26-20-9-5-4-8-19(20)25-22(26)15-10-12-17(13-11-15)24-21(27)14-16-6-2-3-7-18(16)23/h2-13H,14H2,1H3,(H,24,27). The third kappa shape index (κ3) is 3.44. The van der Waals surface area contributed by atoms with Crippen molar-refractivity contribution in [3.8, 4) is 11.4 Å². The van der Waals surface area contributed by atoms with E-state index in [1.165, 1.54) is 6.07 Å². The number of hydrogen-bond acceptors (Lipinski definition) is 2. The Kier molecular flexibility index (Phi) is 4.42. The molecule has 4 rings (SSSR count). The van der Waals surface area contributed by atoms with Gasteiger partial charge in [-0.1, -0.05) is 30.3 Å². The van der Waals surface area contributed by atoms with Gasteiger partial charge in [-0.15, -0.1) is 0 Å².